The van der Waals surface area contributed by atoms with Crippen molar-refractivity contribution in [3.05, 3.63) is 16.4 Å². The first kappa shape index (κ1) is 16.8. The third-order valence-electron chi connectivity index (χ3n) is 4.56. The van der Waals surface area contributed by atoms with Gasteiger partial charge in [-0.3, -0.25) is 4.68 Å². The van der Waals surface area contributed by atoms with Crippen LogP contribution < -0.4 is 5.32 Å². The van der Waals surface area contributed by atoms with Crippen molar-refractivity contribution in [1.29, 1.82) is 0 Å². The highest BCUT2D eigenvalue weighted by molar-refractivity contribution is 6.30. The van der Waals surface area contributed by atoms with Crippen molar-refractivity contribution < 1.29 is 4.74 Å². The van der Waals surface area contributed by atoms with Gasteiger partial charge in [0.15, 0.2) is 0 Å². The Bertz CT molecular complexity index is 466. The van der Waals surface area contributed by atoms with Gasteiger partial charge >= 0.3 is 0 Å². The van der Waals surface area contributed by atoms with E-state index in [0.717, 1.165) is 48.8 Å². The van der Waals surface area contributed by atoms with Crippen LogP contribution in [0.2, 0.25) is 5.15 Å². The van der Waals surface area contributed by atoms with E-state index in [1.807, 2.05) is 14.0 Å². The molecule has 1 N–H and O–H groups in total. The number of rotatable bonds is 6. The van der Waals surface area contributed by atoms with Crippen molar-refractivity contribution in [2.24, 2.45) is 7.05 Å². The van der Waals surface area contributed by atoms with Gasteiger partial charge in [0.2, 0.25) is 0 Å². The predicted molar refractivity (Wildman–Crippen MR) is 86.9 cm³/mol. The van der Waals surface area contributed by atoms with E-state index >= 15 is 0 Å². The quantitative estimate of drug-likeness (QED) is 0.876. The van der Waals surface area contributed by atoms with Crippen LogP contribution in [0, 0.1) is 6.92 Å². The molecule has 2 atom stereocenters. The first-order chi connectivity index (χ1) is 9.98. The second-order valence-corrected chi connectivity index (χ2v) is 6.67. The van der Waals surface area contributed by atoms with Crippen LogP contribution in [0.5, 0.6) is 0 Å². The van der Waals surface area contributed by atoms with Crippen LogP contribution in [-0.2, 0) is 18.2 Å². The molecule has 1 aliphatic heterocycles. The zero-order valence-corrected chi connectivity index (χ0v) is 14.5. The molecule has 0 radical (unpaired) electrons. The molecule has 1 aliphatic rings. The third-order valence-corrected chi connectivity index (χ3v) is 5.03. The van der Waals surface area contributed by atoms with Crippen LogP contribution in [-0.4, -0.2) is 34.6 Å². The van der Waals surface area contributed by atoms with Gasteiger partial charge in [-0.15, -0.1) is 0 Å². The lowest BCUT2D eigenvalue weighted by atomic mass is 9.84. The third kappa shape index (κ3) is 3.79. The second kappa shape index (κ2) is 7.12. The largest absolute Gasteiger partial charge is 0.374 e. The lowest BCUT2D eigenvalue weighted by Gasteiger charge is -2.41. The van der Waals surface area contributed by atoms with Gasteiger partial charge < -0.3 is 10.1 Å². The topological polar surface area (TPSA) is 39.1 Å². The zero-order chi connectivity index (χ0) is 15.5. The molecule has 0 aromatic carbocycles. The number of aryl methyl sites for hydroxylation is 2. The van der Waals surface area contributed by atoms with Crippen molar-refractivity contribution in [3.63, 3.8) is 0 Å². The Hall–Kier alpha value is -0.580. The van der Waals surface area contributed by atoms with Crippen LogP contribution >= 0.6 is 11.6 Å². The Morgan fingerprint density at radius 2 is 2.24 bits per heavy atom. The summed E-state index contributed by atoms with van der Waals surface area (Å²) in [4.78, 5) is 0. The molecular weight excluding hydrogens is 286 g/mol. The summed E-state index contributed by atoms with van der Waals surface area (Å²) in [6.45, 7) is 8.32. The number of aromatic nitrogens is 2. The molecule has 1 fully saturated rings. The maximum absolute atomic E-state index is 6.41. The highest BCUT2D eigenvalue weighted by Crippen LogP contribution is 2.31. The molecule has 4 nitrogen and oxygen atoms in total. The van der Waals surface area contributed by atoms with Gasteiger partial charge in [0.05, 0.1) is 11.3 Å². The summed E-state index contributed by atoms with van der Waals surface area (Å²) in [5, 5.41) is 8.84. The van der Waals surface area contributed by atoms with Gasteiger partial charge in [-0.05, 0) is 52.5 Å². The molecule has 2 unspecified atom stereocenters. The first-order valence-electron chi connectivity index (χ1n) is 8.03. The molecule has 21 heavy (non-hydrogen) atoms. The minimum absolute atomic E-state index is 0.112. The molecule has 0 bridgehead atoms. The van der Waals surface area contributed by atoms with Gasteiger partial charge in [0, 0.05) is 25.3 Å². The maximum Gasteiger partial charge on any atom is 0.130 e. The van der Waals surface area contributed by atoms with E-state index in [9.17, 15) is 0 Å². The van der Waals surface area contributed by atoms with E-state index in [1.54, 1.807) is 4.68 Å². The lowest BCUT2D eigenvalue weighted by Crippen LogP contribution is -2.53. The molecule has 1 aromatic heterocycles. The average Bonchev–Trinajstić information content (AvgIpc) is 2.69. The Morgan fingerprint density at radius 1 is 1.48 bits per heavy atom. The number of ether oxygens (including phenoxy) is 1. The van der Waals surface area contributed by atoms with E-state index in [2.05, 4.69) is 24.3 Å². The molecule has 0 aliphatic carbocycles. The minimum Gasteiger partial charge on any atom is -0.374 e. The van der Waals surface area contributed by atoms with Gasteiger partial charge in [0.1, 0.15) is 5.15 Å². The van der Waals surface area contributed by atoms with Gasteiger partial charge in [-0.1, -0.05) is 18.5 Å². The molecule has 0 amide bonds. The standard InChI is InChI=1S/C16H28ClN3O/c1-5-9-18-14(16(3)8-6-7-10-21-16)11-13-12(2)19-20(4)15(13)17/h14,18H,5-11H2,1-4H3. The van der Waals surface area contributed by atoms with E-state index in [4.69, 9.17) is 16.3 Å². The van der Waals surface area contributed by atoms with Crippen molar-refractivity contribution >= 4 is 11.6 Å². The Balaban J connectivity index is 2.19. The van der Waals surface area contributed by atoms with E-state index in [-0.39, 0.29) is 11.6 Å². The number of halogens is 1. The summed E-state index contributed by atoms with van der Waals surface area (Å²) in [6.07, 6.45) is 5.50. The summed E-state index contributed by atoms with van der Waals surface area (Å²) in [7, 11) is 1.89. The molecule has 0 spiro atoms. The molecule has 1 saturated heterocycles. The van der Waals surface area contributed by atoms with Crippen molar-refractivity contribution in [2.45, 2.75) is 64.5 Å². The summed E-state index contributed by atoms with van der Waals surface area (Å²) >= 11 is 6.41. The zero-order valence-electron chi connectivity index (χ0n) is 13.7. The van der Waals surface area contributed by atoms with E-state index < -0.39 is 0 Å². The average molecular weight is 314 g/mol. The summed E-state index contributed by atoms with van der Waals surface area (Å²) in [6, 6.07) is 0.276. The smallest absolute Gasteiger partial charge is 0.130 e. The van der Waals surface area contributed by atoms with Crippen LogP contribution in [0.1, 0.15) is 50.8 Å². The first-order valence-corrected chi connectivity index (χ1v) is 8.41. The fourth-order valence-electron chi connectivity index (χ4n) is 3.16. The summed E-state index contributed by atoms with van der Waals surface area (Å²) in [5.74, 6) is 0. The fraction of sp³-hybridized carbons (Fsp3) is 0.812. The number of hydrogen-bond donors (Lipinski definition) is 1. The monoisotopic (exact) mass is 313 g/mol. The van der Waals surface area contributed by atoms with Crippen molar-refractivity contribution in [2.75, 3.05) is 13.2 Å². The van der Waals surface area contributed by atoms with Crippen LogP contribution in [0.15, 0.2) is 0 Å². The molecule has 1 aromatic rings. The Kier molecular flexibility index (Phi) is 5.69. The minimum atomic E-state index is -0.112. The van der Waals surface area contributed by atoms with Crippen LogP contribution in [0.25, 0.3) is 0 Å². The number of hydrogen-bond acceptors (Lipinski definition) is 3. The summed E-state index contributed by atoms with van der Waals surface area (Å²) < 4.78 is 7.91. The number of nitrogens with one attached hydrogen (secondary N) is 1. The predicted octanol–water partition coefficient (Wildman–Crippen LogP) is 3.25. The Morgan fingerprint density at radius 3 is 2.76 bits per heavy atom. The summed E-state index contributed by atoms with van der Waals surface area (Å²) in [5.41, 5.74) is 2.05. The maximum atomic E-state index is 6.41. The second-order valence-electron chi connectivity index (χ2n) is 6.31. The normalized spacial score (nSPS) is 24.2. The number of nitrogens with zero attached hydrogens (tertiary/aromatic N) is 2. The van der Waals surface area contributed by atoms with Crippen LogP contribution in [0.3, 0.4) is 0 Å². The van der Waals surface area contributed by atoms with Gasteiger partial charge in [0.25, 0.3) is 0 Å². The van der Waals surface area contributed by atoms with Crippen LogP contribution in [0.4, 0.5) is 0 Å². The SMILES string of the molecule is CCCNC(Cc1c(C)nn(C)c1Cl)C1(C)CCCCO1. The molecule has 120 valence electrons. The van der Waals surface area contributed by atoms with Gasteiger partial charge in [-0.25, -0.2) is 0 Å². The Labute approximate surface area is 133 Å². The molecule has 2 rings (SSSR count). The highest BCUT2D eigenvalue weighted by Gasteiger charge is 2.37. The fourth-order valence-corrected chi connectivity index (χ4v) is 3.41. The van der Waals surface area contributed by atoms with E-state index in [0.29, 0.717) is 0 Å². The van der Waals surface area contributed by atoms with E-state index in [1.165, 1.54) is 12.8 Å². The lowest BCUT2D eigenvalue weighted by molar-refractivity contribution is -0.0883. The molecule has 0 saturated carbocycles. The van der Waals surface area contributed by atoms with Gasteiger partial charge in [-0.2, -0.15) is 5.10 Å². The molecule has 2 heterocycles. The van der Waals surface area contributed by atoms with Crippen molar-refractivity contribution in [3.8, 4) is 0 Å². The molecule has 5 heteroatoms. The highest BCUT2D eigenvalue weighted by atomic mass is 35.5. The molecular formula is C16H28ClN3O. The van der Waals surface area contributed by atoms with Crippen molar-refractivity contribution in [1.82, 2.24) is 15.1 Å².